The molecule has 1 aromatic rings. The number of anilines is 1. The Kier molecular flexibility index (Phi) is 3.94. The molecule has 4 heteroatoms. The molecule has 94 valence electrons. The number of nitrogens with zero attached hydrogens (tertiary/aromatic N) is 2. The van der Waals surface area contributed by atoms with Gasteiger partial charge in [-0.25, -0.2) is 4.98 Å². The molecule has 4 nitrogen and oxygen atoms in total. The molecule has 17 heavy (non-hydrogen) atoms. The molecule has 0 saturated heterocycles. The third-order valence-corrected chi connectivity index (χ3v) is 3.75. The van der Waals surface area contributed by atoms with Crippen molar-refractivity contribution in [2.75, 3.05) is 11.9 Å². The van der Waals surface area contributed by atoms with Gasteiger partial charge >= 0.3 is 0 Å². The minimum absolute atomic E-state index is 0.342. The van der Waals surface area contributed by atoms with Crippen molar-refractivity contribution in [2.24, 2.45) is 11.7 Å². The van der Waals surface area contributed by atoms with Gasteiger partial charge in [-0.05, 0) is 32.6 Å². The molecule has 1 aromatic heterocycles. The summed E-state index contributed by atoms with van der Waals surface area (Å²) in [6.07, 6.45) is 7.04. The molecular formula is C13H22N4. The summed E-state index contributed by atoms with van der Waals surface area (Å²) in [6, 6.07) is 0.342. The molecule has 1 atom stereocenters. The van der Waals surface area contributed by atoms with Crippen LogP contribution in [0.1, 0.15) is 37.1 Å². The van der Waals surface area contributed by atoms with Gasteiger partial charge in [0.25, 0.3) is 0 Å². The predicted octanol–water partition coefficient (Wildman–Crippen LogP) is 2.02. The van der Waals surface area contributed by atoms with Gasteiger partial charge in [0.05, 0.1) is 17.6 Å². The Balaban J connectivity index is 2.04. The van der Waals surface area contributed by atoms with E-state index in [4.69, 9.17) is 5.73 Å². The maximum absolute atomic E-state index is 5.86. The smallest absolute Gasteiger partial charge is 0.145 e. The highest BCUT2D eigenvalue weighted by Crippen LogP contribution is 2.28. The maximum atomic E-state index is 5.86. The van der Waals surface area contributed by atoms with E-state index in [-0.39, 0.29) is 0 Å². The second-order valence-corrected chi connectivity index (χ2v) is 4.96. The summed E-state index contributed by atoms with van der Waals surface area (Å²) in [7, 11) is 0. The number of rotatable bonds is 4. The molecule has 1 aliphatic carbocycles. The predicted molar refractivity (Wildman–Crippen MR) is 69.9 cm³/mol. The number of nitrogens with one attached hydrogen (secondary N) is 1. The Labute approximate surface area is 103 Å². The van der Waals surface area contributed by atoms with E-state index in [1.165, 1.54) is 25.7 Å². The number of aromatic nitrogens is 2. The number of hydrogen-bond acceptors (Lipinski definition) is 4. The van der Waals surface area contributed by atoms with Gasteiger partial charge in [-0.3, -0.25) is 4.98 Å². The number of aryl methyl sites for hydroxylation is 2. The van der Waals surface area contributed by atoms with Gasteiger partial charge < -0.3 is 11.1 Å². The standard InChI is InChI=1S/C13H22N4/c1-9-10(2)16-13(8-15-9)17-12(7-14)11-5-3-4-6-11/h8,11-12H,3-7,14H2,1-2H3,(H,16,17). The quantitative estimate of drug-likeness (QED) is 0.836. The third-order valence-electron chi connectivity index (χ3n) is 3.75. The van der Waals surface area contributed by atoms with Crippen molar-refractivity contribution < 1.29 is 0 Å². The van der Waals surface area contributed by atoms with E-state index in [0.29, 0.717) is 18.5 Å². The van der Waals surface area contributed by atoms with Crippen molar-refractivity contribution in [3.8, 4) is 0 Å². The van der Waals surface area contributed by atoms with E-state index < -0.39 is 0 Å². The van der Waals surface area contributed by atoms with Gasteiger partial charge in [0.15, 0.2) is 0 Å². The molecule has 0 aliphatic heterocycles. The van der Waals surface area contributed by atoms with Crippen LogP contribution in [-0.4, -0.2) is 22.6 Å². The molecule has 0 amide bonds. The van der Waals surface area contributed by atoms with Crippen molar-refractivity contribution in [3.05, 3.63) is 17.6 Å². The summed E-state index contributed by atoms with van der Waals surface area (Å²) in [5.74, 6) is 1.55. The number of nitrogens with two attached hydrogens (primary N) is 1. The first-order valence-electron chi connectivity index (χ1n) is 6.47. The Morgan fingerprint density at radius 3 is 2.65 bits per heavy atom. The highest BCUT2D eigenvalue weighted by atomic mass is 15.1. The van der Waals surface area contributed by atoms with Crippen LogP contribution in [-0.2, 0) is 0 Å². The van der Waals surface area contributed by atoms with Crippen molar-refractivity contribution in [1.29, 1.82) is 0 Å². The van der Waals surface area contributed by atoms with Crippen LogP contribution in [0, 0.1) is 19.8 Å². The van der Waals surface area contributed by atoms with Gasteiger partial charge in [-0.1, -0.05) is 12.8 Å². The lowest BCUT2D eigenvalue weighted by Gasteiger charge is -2.23. The van der Waals surface area contributed by atoms with Crippen LogP contribution in [0.25, 0.3) is 0 Å². The monoisotopic (exact) mass is 234 g/mol. The van der Waals surface area contributed by atoms with Crippen LogP contribution in [0.15, 0.2) is 6.20 Å². The second kappa shape index (κ2) is 5.45. The summed E-state index contributed by atoms with van der Waals surface area (Å²) < 4.78 is 0. The van der Waals surface area contributed by atoms with Crippen LogP contribution in [0.2, 0.25) is 0 Å². The first-order valence-corrected chi connectivity index (χ1v) is 6.47. The highest BCUT2D eigenvalue weighted by Gasteiger charge is 2.24. The molecule has 0 aromatic carbocycles. The fourth-order valence-corrected chi connectivity index (χ4v) is 2.53. The zero-order valence-electron chi connectivity index (χ0n) is 10.7. The molecule has 1 saturated carbocycles. The Bertz CT molecular complexity index is 372. The van der Waals surface area contributed by atoms with Crippen LogP contribution in [0.4, 0.5) is 5.82 Å². The molecule has 0 bridgehead atoms. The average molecular weight is 234 g/mol. The van der Waals surface area contributed by atoms with E-state index in [9.17, 15) is 0 Å². The zero-order chi connectivity index (χ0) is 12.3. The van der Waals surface area contributed by atoms with Gasteiger partial charge in [0, 0.05) is 12.6 Å². The molecule has 1 unspecified atom stereocenters. The van der Waals surface area contributed by atoms with Gasteiger partial charge in [0.1, 0.15) is 5.82 Å². The van der Waals surface area contributed by atoms with Crippen LogP contribution in [0.5, 0.6) is 0 Å². The lowest BCUT2D eigenvalue weighted by Crippen LogP contribution is -2.35. The lowest BCUT2D eigenvalue weighted by atomic mass is 9.98. The Morgan fingerprint density at radius 2 is 2.06 bits per heavy atom. The first kappa shape index (κ1) is 12.3. The topological polar surface area (TPSA) is 63.8 Å². The first-order chi connectivity index (χ1) is 8.20. The van der Waals surface area contributed by atoms with Crippen LogP contribution >= 0.6 is 0 Å². The van der Waals surface area contributed by atoms with E-state index in [0.717, 1.165) is 17.2 Å². The molecule has 0 radical (unpaired) electrons. The molecule has 1 fully saturated rings. The minimum Gasteiger partial charge on any atom is -0.365 e. The van der Waals surface area contributed by atoms with E-state index in [1.54, 1.807) is 6.20 Å². The normalized spacial score (nSPS) is 18.3. The molecule has 2 rings (SSSR count). The van der Waals surface area contributed by atoms with Crippen LogP contribution < -0.4 is 11.1 Å². The van der Waals surface area contributed by atoms with Gasteiger partial charge in [-0.15, -0.1) is 0 Å². The average Bonchev–Trinajstić information content (AvgIpc) is 2.84. The molecular weight excluding hydrogens is 212 g/mol. The Hall–Kier alpha value is -1.16. The minimum atomic E-state index is 0.342. The SMILES string of the molecule is Cc1ncc(NC(CN)C2CCCC2)nc1C. The third kappa shape index (κ3) is 2.94. The molecule has 1 aliphatic rings. The van der Waals surface area contributed by atoms with Crippen molar-refractivity contribution in [2.45, 2.75) is 45.6 Å². The van der Waals surface area contributed by atoms with Crippen molar-refractivity contribution in [1.82, 2.24) is 9.97 Å². The van der Waals surface area contributed by atoms with E-state index in [2.05, 4.69) is 15.3 Å². The van der Waals surface area contributed by atoms with E-state index >= 15 is 0 Å². The summed E-state index contributed by atoms with van der Waals surface area (Å²) >= 11 is 0. The fraction of sp³-hybridized carbons (Fsp3) is 0.692. The van der Waals surface area contributed by atoms with Gasteiger partial charge in [-0.2, -0.15) is 0 Å². The number of hydrogen-bond donors (Lipinski definition) is 2. The van der Waals surface area contributed by atoms with Crippen molar-refractivity contribution >= 4 is 5.82 Å². The highest BCUT2D eigenvalue weighted by molar-refractivity contribution is 5.35. The summed E-state index contributed by atoms with van der Waals surface area (Å²) in [5, 5.41) is 3.44. The maximum Gasteiger partial charge on any atom is 0.145 e. The Morgan fingerprint density at radius 1 is 1.35 bits per heavy atom. The van der Waals surface area contributed by atoms with E-state index in [1.807, 2.05) is 13.8 Å². The zero-order valence-corrected chi connectivity index (χ0v) is 10.7. The van der Waals surface area contributed by atoms with Crippen LogP contribution in [0.3, 0.4) is 0 Å². The molecule has 0 spiro atoms. The summed E-state index contributed by atoms with van der Waals surface area (Å²) in [4.78, 5) is 8.83. The fourth-order valence-electron chi connectivity index (χ4n) is 2.53. The summed E-state index contributed by atoms with van der Waals surface area (Å²) in [5.41, 5.74) is 7.83. The second-order valence-electron chi connectivity index (χ2n) is 4.96. The summed E-state index contributed by atoms with van der Waals surface area (Å²) in [6.45, 7) is 4.63. The molecule has 1 heterocycles. The largest absolute Gasteiger partial charge is 0.365 e. The molecule has 3 N–H and O–H groups in total. The van der Waals surface area contributed by atoms with Gasteiger partial charge in [0.2, 0.25) is 0 Å². The lowest BCUT2D eigenvalue weighted by molar-refractivity contribution is 0.461. The van der Waals surface area contributed by atoms with Crippen molar-refractivity contribution in [3.63, 3.8) is 0 Å².